The molecule has 0 bridgehead atoms. The van der Waals surface area contributed by atoms with Crippen LogP contribution in [0.2, 0.25) is 0 Å². The fourth-order valence-corrected chi connectivity index (χ4v) is 2.80. The minimum atomic E-state index is 0.386. The Balaban J connectivity index is 2.85. The Hall–Kier alpha value is -0.540. The second kappa shape index (κ2) is 7.91. The first-order valence-corrected chi connectivity index (χ1v) is 8.06. The first-order valence-electron chi connectivity index (χ1n) is 7.26. The van der Waals surface area contributed by atoms with Gasteiger partial charge in [-0.2, -0.15) is 0 Å². The first-order chi connectivity index (χ1) is 9.01. The Morgan fingerprint density at radius 3 is 2.47 bits per heavy atom. The Kier molecular flexibility index (Phi) is 6.87. The summed E-state index contributed by atoms with van der Waals surface area (Å²) in [5.41, 5.74) is 2.60. The molecule has 0 aliphatic carbocycles. The highest BCUT2D eigenvalue weighted by molar-refractivity contribution is 9.10. The second-order valence-electron chi connectivity index (χ2n) is 5.25. The molecule has 0 aliphatic rings. The topological polar surface area (TPSA) is 15.3 Å². The summed E-state index contributed by atoms with van der Waals surface area (Å²) in [6.45, 7) is 9.95. The van der Waals surface area contributed by atoms with Crippen molar-refractivity contribution in [2.45, 2.75) is 52.6 Å². The van der Waals surface area contributed by atoms with Crippen LogP contribution in [0.25, 0.3) is 0 Å². The summed E-state index contributed by atoms with van der Waals surface area (Å²) in [6.07, 6.45) is 2.32. The molecule has 1 N–H and O–H groups in total. The Morgan fingerprint density at radius 2 is 1.95 bits per heavy atom. The minimum Gasteiger partial charge on any atom is -0.372 e. The summed E-state index contributed by atoms with van der Waals surface area (Å²) in [5.74, 6) is 0. The van der Waals surface area contributed by atoms with E-state index in [0.717, 1.165) is 19.4 Å². The van der Waals surface area contributed by atoms with Crippen LogP contribution in [-0.4, -0.2) is 19.6 Å². The monoisotopic (exact) mass is 326 g/mol. The lowest BCUT2D eigenvalue weighted by molar-refractivity contribution is 0.569. The van der Waals surface area contributed by atoms with Crippen molar-refractivity contribution in [2.75, 3.05) is 18.5 Å². The van der Waals surface area contributed by atoms with Gasteiger partial charge in [0.2, 0.25) is 0 Å². The van der Waals surface area contributed by atoms with Gasteiger partial charge in [0.05, 0.1) is 0 Å². The van der Waals surface area contributed by atoms with Crippen LogP contribution in [0.1, 0.15) is 52.1 Å². The molecule has 2 atom stereocenters. The number of nitrogens with zero attached hydrogens (tertiary/aromatic N) is 1. The van der Waals surface area contributed by atoms with E-state index in [4.69, 9.17) is 0 Å². The molecule has 0 saturated heterocycles. The van der Waals surface area contributed by atoms with E-state index in [0.29, 0.717) is 12.1 Å². The number of hydrogen-bond donors (Lipinski definition) is 1. The Labute approximate surface area is 126 Å². The second-order valence-corrected chi connectivity index (χ2v) is 6.10. The van der Waals surface area contributed by atoms with Crippen LogP contribution >= 0.6 is 15.9 Å². The molecule has 0 radical (unpaired) electrons. The van der Waals surface area contributed by atoms with Crippen LogP contribution in [-0.2, 0) is 0 Å². The standard InChI is InChI=1S/C16H27BrN2/c1-6-10-18-13(4)15-9-8-14(11-16(15)17)19(5)12(3)7-2/h8-9,11-13,18H,6-7,10H2,1-5H3. The molecule has 0 aliphatic heterocycles. The summed E-state index contributed by atoms with van der Waals surface area (Å²) < 4.78 is 1.19. The lowest BCUT2D eigenvalue weighted by Gasteiger charge is -2.27. The summed E-state index contributed by atoms with van der Waals surface area (Å²) in [6, 6.07) is 7.62. The molecular weight excluding hydrogens is 300 g/mol. The van der Waals surface area contributed by atoms with Gasteiger partial charge in [-0.15, -0.1) is 0 Å². The van der Waals surface area contributed by atoms with Gasteiger partial charge in [0.15, 0.2) is 0 Å². The molecule has 3 heteroatoms. The highest BCUT2D eigenvalue weighted by Crippen LogP contribution is 2.29. The van der Waals surface area contributed by atoms with Crippen LogP contribution in [0.4, 0.5) is 5.69 Å². The number of anilines is 1. The van der Waals surface area contributed by atoms with Crippen LogP contribution in [0.3, 0.4) is 0 Å². The Bertz CT molecular complexity index is 392. The largest absolute Gasteiger partial charge is 0.372 e. The molecule has 0 amide bonds. The molecule has 0 aromatic heterocycles. The van der Waals surface area contributed by atoms with E-state index in [-0.39, 0.29) is 0 Å². The zero-order valence-corrected chi connectivity index (χ0v) is 14.4. The molecule has 19 heavy (non-hydrogen) atoms. The zero-order valence-electron chi connectivity index (χ0n) is 12.8. The molecule has 0 saturated carbocycles. The lowest BCUT2D eigenvalue weighted by Crippen LogP contribution is -2.28. The molecule has 2 nitrogen and oxygen atoms in total. The summed E-state index contributed by atoms with van der Waals surface area (Å²) in [4.78, 5) is 2.33. The molecule has 0 fully saturated rings. The normalized spacial score (nSPS) is 14.2. The molecule has 0 heterocycles. The van der Waals surface area contributed by atoms with Crippen LogP contribution in [0, 0.1) is 0 Å². The molecule has 108 valence electrons. The average Bonchev–Trinajstić information content (AvgIpc) is 2.42. The molecule has 2 unspecified atom stereocenters. The molecule has 1 aromatic carbocycles. The summed E-state index contributed by atoms with van der Waals surface area (Å²) >= 11 is 3.71. The predicted octanol–water partition coefficient (Wildman–Crippen LogP) is 4.74. The van der Waals surface area contributed by atoms with Crippen molar-refractivity contribution >= 4 is 21.6 Å². The van der Waals surface area contributed by atoms with Crippen LogP contribution < -0.4 is 10.2 Å². The van der Waals surface area contributed by atoms with Gasteiger partial charge in [-0.3, -0.25) is 0 Å². The summed E-state index contributed by atoms with van der Waals surface area (Å²) in [7, 11) is 2.16. The number of halogens is 1. The fourth-order valence-electron chi connectivity index (χ4n) is 2.09. The van der Waals surface area contributed by atoms with Gasteiger partial charge in [0.25, 0.3) is 0 Å². The highest BCUT2D eigenvalue weighted by Gasteiger charge is 2.12. The molecular formula is C16H27BrN2. The van der Waals surface area contributed by atoms with E-state index < -0.39 is 0 Å². The third-order valence-electron chi connectivity index (χ3n) is 3.81. The third kappa shape index (κ3) is 4.50. The van der Waals surface area contributed by atoms with Crippen molar-refractivity contribution in [1.29, 1.82) is 0 Å². The number of benzene rings is 1. The van der Waals surface area contributed by atoms with E-state index in [1.807, 2.05) is 0 Å². The van der Waals surface area contributed by atoms with E-state index in [1.165, 1.54) is 15.7 Å². The zero-order chi connectivity index (χ0) is 14.4. The van der Waals surface area contributed by atoms with Gasteiger partial charge in [-0.1, -0.05) is 35.8 Å². The predicted molar refractivity (Wildman–Crippen MR) is 89.0 cm³/mol. The van der Waals surface area contributed by atoms with Gasteiger partial charge >= 0.3 is 0 Å². The minimum absolute atomic E-state index is 0.386. The van der Waals surface area contributed by atoms with Gasteiger partial charge in [0, 0.05) is 29.3 Å². The third-order valence-corrected chi connectivity index (χ3v) is 4.50. The van der Waals surface area contributed by atoms with Crippen molar-refractivity contribution in [3.05, 3.63) is 28.2 Å². The molecule has 1 rings (SSSR count). The van der Waals surface area contributed by atoms with Crippen molar-refractivity contribution < 1.29 is 0 Å². The number of nitrogens with one attached hydrogen (secondary N) is 1. The van der Waals surface area contributed by atoms with Gasteiger partial charge in [-0.25, -0.2) is 0 Å². The number of hydrogen-bond acceptors (Lipinski definition) is 2. The van der Waals surface area contributed by atoms with Crippen LogP contribution in [0.5, 0.6) is 0 Å². The van der Waals surface area contributed by atoms with E-state index >= 15 is 0 Å². The van der Waals surface area contributed by atoms with Crippen molar-refractivity contribution in [3.8, 4) is 0 Å². The van der Waals surface area contributed by atoms with Gasteiger partial charge in [0.1, 0.15) is 0 Å². The first kappa shape index (κ1) is 16.5. The smallest absolute Gasteiger partial charge is 0.0377 e. The Morgan fingerprint density at radius 1 is 1.26 bits per heavy atom. The van der Waals surface area contributed by atoms with Gasteiger partial charge < -0.3 is 10.2 Å². The fraction of sp³-hybridized carbons (Fsp3) is 0.625. The SMILES string of the molecule is CCCNC(C)c1ccc(N(C)C(C)CC)cc1Br. The molecule has 0 spiro atoms. The summed E-state index contributed by atoms with van der Waals surface area (Å²) in [5, 5.41) is 3.53. The average molecular weight is 327 g/mol. The maximum absolute atomic E-state index is 3.71. The van der Waals surface area contributed by atoms with Crippen molar-refractivity contribution in [1.82, 2.24) is 5.32 Å². The lowest BCUT2D eigenvalue weighted by atomic mass is 10.1. The van der Waals surface area contributed by atoms with Crippen molar-refractivity contribution in [2.24, 2.45) is 0 Å². The molecule has 1 aromatic rings. The van der Waals surface area contributed by atoms with E-state index in [1.54, 1.807) is 0 Å². The maximum Gasteiger partial charge on any atom is 0.0377 e. The highest BCUT2D eigenvalue weighted by atomic mass is 79.9. The maximum atomic E-state index is 3.71. The van der Waals surface area contributed by atoms with E-state index in [9.17, 15) is 0 Å². The quantitative estimate of drug-likeness (QED) is 0.778. The number of rotatable bonds is 7. The van der Waals surface area contributed by atoms with E-state index in [2.05, 4.69) is 79.1 Å². The van der Waals surface area contributed by atoms with Crippen LogP contribution in [0.15, 0.2) is 22.7 Å². The van der Waals surface area contributed by atoms with Gasteiger partial charge in [-0.05, 0) is 50.9 Å². The van der Waals surface area contributed by atoms with Crippen molar-refractivity contribution in [3.63, 3.8) is 0 Å².